The molecular weight excluding hydrogens is 1320 g/mol. The van der Waals surface area contributed by atoms with Gasteiger partial charge in [-0.15, -0.1) is 29.7 Å². The molecule has 1 aliphatic heterocycles. The largest absolute Gasteiger partial charge is 0.510 e. The molecule has 4 heterocycles. The van der Waals surface area contributed by atoms with Crippen LogP contribution in [0.2, 0.25) is 0 Å². The minimum atomic E-state index is -2.91. The molecule has 474 valence electrons. The van der Waals surface area contributed by atoms with Crippen LogP contribution < -0.4 is 9.30 Å². The topological polar surface area (TPSA) is 35.9 Å². The fourth-order valence-electron chi connectivity index (χ4n) is 12.9. The summed E-state index contributed by atoms with van der Waals surface area (Å²) in [7, 11) is 0. The number of hydrogen-bond acceptors (Lipinski definition) is 2. The van der Waals surface area contributed by atoms with Crippen molar-refractivity contribution in [2.75, 3.05) is 0 Å². The molecule has 1 aliphatic rings. The van der Waals surface area contributed by atoms with E-state index in [4.69, 9.17) is 17.9 Å². The average Bonchev–Trinajstić information content (AvgIpc) is 1.48. The van der Waals surface area contributed by atoms with E-state index in [1.165, 1.54) is 18.2 Å². The Morgan fingerprint density at radius 3 is 1.56 bits per heavy atom. The van der Waals surface area contributed by atoms with E-state index in [-0.39, 0.29) is 104 Å². The number of para-hydroxylation sites is 1. The van der Waals surface area contributed by atoms with Crippen molar-refractivity contribution in [2.45, 2.75) is 145 Å². The van der Waals surface area contributed by atoms with Gasteiger partial charge in [0.25, 0.3) is 6.33 Å². The first-order valence-corrected chi connectivity index (χ1v) is 31.9. The van der Waals surface area contributed by atoms with Crippen molar-refractivity contribution in [1.29, 1.82) is 0 Å². The van der Waals surface area contributed by atoms with E-state index in [2.05, 4.69) is 169 Å². The fourth-order valence-corrected chi connectivity index (χ4v) is 12.9. The first-order valence-electron chi connectivity index (χ1n) is 38.9. The zero-order chi connectivity index (χ0) is 77.4. The maximum atomic E-state index is 10.4. The molecule has 13 aromatic rings. The Morgan fingerprint density at radius 1 is 0.447 bits per heavy atom. The quantitative estimate of drug-likeness (QED) is 0.118. The van der Waals surface area contributed by atoms with Crippen LogP contribution >= 0.6 is 0 Å². The maximum Gasteiger partial charge on any atom is 0.268 e. The molecule has 0 saturated carbocycles. The summed E-state index contributed by atoms with van der Waals surface area (Å²) in [5, 5.41) is 1.94. The van der Waals surface area contributed by atoms with Crippen LogP contribution in [0.25, 0.3) is 117 Å². The number of aryl methyl sites for hydroxylation is 2. The summed E-state index contributed by atoms with van der Waals surface area (Å²) in [6.07, 6.45) is 5.63. The van der Waals surface area contributed by atoms with Crippen molar-refractivity contribution >= 4 is 32.8 Å². The molecule has 3 aromatic heterocycles. The summed E-state index contributed by atoms with van der Waals surface area (Å²) in [5.74, 6) is 1.37. The molecule has 0 spiro atoms. The summed E-state index contributed by atoms with van der Waals surface area (Å²) in [6.45, 7) is 26.1. The van der Waals surface area contributed by atoms with E-state index in [9.17, 15) is 11.0 Å². The molecule has 94 heavy (non-hydrogen) atoms. The Bertz CT molecular complexity index is 5810. The fraction of sp³-hybridized carbons (Fsp3) is 0.250. The number of benzene rings is 10. The van der Waals surface area contributed by atoms with Gasteiger partial charge < -0.3 is 13.9 Å². The van der Waals surface area contributed by atoms with Gasteiger partial charge in [-0.25, -0.2) is 4.98 Å². The van der Waals surface area contributed by atoms with Gasteiger partial charge in [-0.05, 0) is 194 Å². The van der Waals surface area contributed by atoms with Crippen molar-refractivity contribution in [3.05, 3.63) is 258 Å². The molecule has 14 rings (SSSR count). The van der Waals surface area contributed by atoms with Crippen LogP contribution in [0, 0.1) is 32.2 Å². The minimum absolute atomic E-state index is 0. The summed E-state index contributed by atoms with van der Waals surface area (Å²) in [4.78, 5) is 4.91. The van der Waals surface area contributed by atoms with Crippen LogP contribution in [0.4, 0.5) is 0 Å². The third-order valence-corrected chi connectivity index (χ3v) is 18.2. The van der Waals surface area contributed by atoms with E-state index in [0.29, 0.717) is 45.0 Å². The predicted molar refractivity (Wildman–Crippen MR) is 389 cm³/mol. The molecule has 0 bridgehead atoms. The van der Waals surface area contributed by atoms with Gasteiger partial charge in [-0.3, -0.25) is 4.57 Å². The number of fused-ring (bicyclic) bond motifs is 10. The summed E-state index contributed by atoms with van der Waals surface area (Å²) in [6, 6.07) is 48.0. The maximum absolute atomic E-state index is 10.4. The van der Waals surface area contributed by atoms with Gasteiger partial charge in [-0.1, -0.05) is 237 Å². The number of hydrogen-bond donors (Lipinski definition) is 0. The third kappa shape index (κ3) is 11.5. The van der Waals surface area contributed by atoms with Crippen LogP contribution in [0.15, 0.2) is 200 Å². The van der Waals surface area contributed by atoms with Gasteiger partial charge in [0.1, 0.15) is 5.82 Å². The Morgan fingerprint density at radius 2 is 0.968 bits per heavy atom. The number of pyridine rings is 1. The first kappa shape index (κ1) is 48.8. The van der Waals surface area contributed by atoms with Gasteiger partial charge in [0.2, 0.25) is 0 Å². The van der Waals surface area contributed by atoms with Crippen LogP contribution in [-0.4, -0.2) is 14.1 Å². The summed E-state index contributed by atoms with van der Waals surface area (Å²) in [5.41, 5.74) is 7.15. The summed E-state index contributed by atoms with van der Waals surface area (Å²) >= 11 is 0. The molecule has 0 amide bonds. The van der Waals surface area contributed by atoms with Gasteiger partial charge in [0, 0.05) is 52.5 Å². The number of aromatic nitrogens is 4. The second kappa shape index (κ2) is 23.2. The van der Waals surface area contributed by atoms with Crippen molar-refractivity contribution in [2.24, 2.45) is 0 Å². The number of ether oxygens (including phenoxy) is 1. The van der Waals surface area contributed by atoms with Gasteiger partial charge in [0.15, 0.2) is 0 Å². The molecule has 0 fully saturated rings. The SMILES string of the molecule is [2H]c1c([2H])c([2H])c2c(c1[2H])-c1cc(-c3c(C([2H])([2H])[2H])cccc3C([2H])([2H])[2H])cc(-c3cc(C(C)(C)C)cc(C(C)(C)C)c3)c1-[n+]1[c-]n(-c3[c-]c(Oc4[c-]c5c(cc4)c4ccccc4n5-c4cc(C(C)(C)C)ccn4)ccc3)c3cc(-c4cc(C(C)(C)C)cc(C(C)(C)C)c4)cc(c31)-c1c([2H])c([2H])c([2H])c([2H])c1-2.[Pt]. The molecule has 10 aromatic carbocycles. The zero-order valence-corrected chi connectivity index (χ0v) is 58.2. The molecule has 0 unspecified atom stereocenters. The van der Waals surface area contributed by atoms with E-state index in [0.717, 1.165) is 55.2 Å². The third-order valence-electron chi connectivity index (χ3n) is 18.2. The van der Waals surface area contributed by atoms with Gasteiger partial charge in [0.05, 0.1) is 27.7 Å². The van der Waals surface area contributed by atoms with Crippen molar-refractivity contribution in [3.8, 4) is 95.5 Å². The van der Waals surface area contributed by atoms with Crippen molar-refractivity contribution in [1.82, 2.24) is 14.1 Å². The first-order chi connectivity index (χ1) is 49.8. The Hall–Kier alpha value is -8.89. The average molecular weight is 1420 g/mol. The zero-order valence-electron chi connectivity index (χ0n) is 69.9. The van der Waals surface area contributed by atoms with Crippen LogP contribution in [0.5, 0.6) is 11.5 Å². The van der Waals surface area contributed by atoms with E-state index >= 15 is 0 Å². The minimum Gasteiger partial charge on any atom is -0.510 e. The molecule has 0 atom stereocenters. The van der Waals surface area contributed by atoms with E-state index in [1.54, 1.807) is 22.8 Å². The molecule has 6 heteroatoms. The second-order valence-corrected chi connectivity index (χ2v) is 30.0. The Balaban J connectivity index is 0.0000103. The second-order valence-electron chi connectivity index (χ2n) is 30.0. The molecular formula is C88H84N4OPt-2. The van der Waals surface area contributed by atoms with Crippen molar-refractivity contribution < 1.29 is 49.6 Å². The normalized spacial score (nSPS) is 15.1. The standard InChI is InChI=1S/C88H84N4O.Pt/c1-54-26-24-27-55(2)81(54)59-45-74(58-42-63(87(12,13)14)49-64(43-58)88(15,16)17)82-75(46-59)70-32-20-18-30-68(70)69-31-19-21-33-71(69)76-44-57(56-40-61(85(6,7)8)48-62(41-56)86(9,10)11)47-79-83(76)91(82)53-90(79)65-28-25-29-66(51-65)93-67-36-37-73-72-34-22-23-35-77(72)92(78(73)52-67)80-50-60(38-39-89-80)84(3,4)5;/h18-50H,1-17H3;/q-2;/i1D3,2D3,18D,19D,20D,21D,30D,31D,32D,33D;. The Kier molecular flexibility index (Phi) is 12.1. The molecule has 0 saturated heterocycles. The summed E-state index contributed by atoms with van der Waals surface area (Å²) < 4.78 is 147. The number of rotatable bonds is 7. The number of imidazole rings is 1. The number of nitrogens with zero attached hydrogens (tertiary/aromatic N) is 4. The monoisotopic (exact) mass is 1420 g/mol. The van der Waals surface area contributed by atoms with Crippen molar-refractivity contribution in [3.63, 3.8) is 0 Å². The van der Waals surface area contributed by atoms with Gasteiger partial charge in [-0.2, -0.15) is 18.2 Å². The van der Waals surface area contributed by atoms with E-state index in [1.807, 2.05) is 77.5 Å². The van der Waals surface area contributed by atoms with E-state index < -0.39 is 72.9 Å². The molecule has 0 radical (unpaired) electrons. The van der Waals surface area contributed by atoms with Crippen LogP contribution in [-0.2, 0) is 48.1 Å². The predicted octanol–water partition coefficient (Wildman–Crippen LogP) is 23.0. The smallest absolute Gasteiger partial charge is 0.268 e. The molecule has 5 nitrogen and oxygen atoms in total. The molecule has 0 aliphatic carbocycles. The Labute approximate surface area is 591 Å². The van der Waals surface area contributed by atoms with Gasteiger partial charge >= 0.3 is 0 Å². The van der Waals surface area contributed by atoms with Crippen LogP contribution in [0.1, 0.15) is 162 Å². The van der Waals surface area contributed by atoms with Crippen LogP contribution in [0.3, 0.4) is 0 Å². The molecule has 0 N–H and O–H groups in total.